The third-order valence-electron chi connectivity index (χ3n) is 7.10. The van der Waals surface area contributed by atoms with Crippen LogP contribution >= 0.6 is 0 Å². The highest BCUT2D eigenvalue weighted by molar-refractivity contribution is 7.92. The van der Waals surface area contributed by atoms with E-state index in [4.69, 9.17) is 4.74 Å². The number of amides is 1. The molecule has 42 heavy (non-hydrogen) atoms. The van der Waals surface area contributed by atoms with Crippen LogP contribution in [-0.4, -0.2) is 77.7 Å². The van der Waals surface area contributed by atoms with Crippen molar-refractivity contribution in [3.63, 3.8) is 0 Å². The lowest BCUT2D eigenvalue weighted by Crippen LogP contribution is -2.49. The molecule has 228 valence electrons. The van der Waals surface area contributed by atoms with E-state index in [9.17, 15) is 31.5 Å². The summed E-state index contributed by atoms with van der Waals surface area (Å²) < 4.78 is 74.8. The number of carbonyl (C=O) groups is 1. The van der Waals surface area contributed by atoms with Gasteiger partial charge in [0.2, 0.25) is 0 Å². The molecule has 4 rings (SSSR count). The molecule has 3 aromatic rings. The van der Waals surface area contributed by atoms with Gasteiger partial charge in [-0.05, 0) is 49.9 Å². The summed E-state index contributed by atoms with van der Waals surface area (Å²) in [5, 5.41) is 9.70. The molecule has 1 aliphatic heterocycles. The van der Waals surface area contributed by atoms with E-state index in [1.807, 2.05) is 18.9 Å². The Morgan fingerprint density at radius 1 is 1.21 bits per heavy atom. The third kappa shape index (κ3) is 7.23. The molecular weight excluding hydrogens is 575 g/mol. The number of hydrogen-bond acceptors (Lipinski definition) is 7. The first-order valence-electron chi connectivity index (χ1n) is 13.3. The minimum Gasteiger partial charge on any atom is -0.488 e. The first-order chi connectivity index (χ1) is 19.7. The second-order valence-corrected chi connectivity index (χ2v) is 12.3. The average molecular weight is 610 g/mol. The zero-order chi connectivity index (χ0) is 30.8. The Labute approximate surface area is 242 Å². The van der Waals surface area contributed by atoms with Crippen LogP contribution in [0.4, 0.5) is 18.9 Å². The van der Waals surface area contributed by atoms with E-state index in [-0.39, 0.29) is 41.1 Å². The number of sulfonamides is 1. The van der Waals surface area contributed by atoms with Crippen LogP contribution in [-0.2, 0) is 29.8 Å². The maximum absolute atomic E-state index is 13.6. The topological polar surface area (TPSA) is 117 Å². The molecule has 0 bridgehead atoms. The predicted octanol–water partition coefficient (Wildman–Crippen LogP) is 3.59. The van der Waals surface area contributed by atoms with E-state index in [0.29, 0.717) is 18.7 Å². The van der Waals surface area contributed by atoms with Crippen LogP contribution in [0.15, 0.2) is 60.0 Å². The number of rotatable bonds is 9. The van der Waals surface area contributed by atoms with Crippen molar-refractivity contribution in [2.45, 2.75) is 43.7 Å². The summed E-state index contributed by atoms with van der Waals surface area (Å²) in [6, 6.07) is 8.86. The highest BCUT2D eigenvalue weighted by Crippen LogP contribution is 2.32. The maximum atomic E-state index is 13.6. The maximum Gasteiger partial charge on any atom is 0.416 e. The molecule has 1 aliphatic rings. The van der Waals surface area contributed by atoms with E-state index in [2.05, 4.69) is 9.71 Å². The highest BCUT2D eigenvalue weighted by Gasteiger charge is 2.34. The number of ether oxygens (including phenoxy) is 1. The van der Waals surface area contributed by atoms with Gasteiger partial charge < -0.3 is 19.3 Å². The van der Waals surface area contributed by atoms with Crippen LogP contribution in [0.3, 0.4) is 0 Å². The lowest BCUT2D eigenvalue weighted by atomic mass is 9.99. The van der Waals surface area contributed by atoms with Gasteiger partial charge in [-0.25, -0.2) is 4.98 Å². The van der Waals surface area contributed by atoms with Crippen LogP contribution < -0.4 is 9.46 Å². The molecule has 2 heterocycles. The zero-order valence-corrected chi connectivity index (χ0v) is 24.5. The summed E-state index contributed by atoms with van der Waals surface area (Å²) >= 11 is 0. The van der Waals surface area contributed by atoms with Crippen LogP contribution in [0.5, 0.6) is 5.75 Å². The van der Waals surface area contributed by atoms with Gasteiger partial charge in [-0.1, -0.05) is 19.1 Å². The van der Waals surface area contributed by atoms with E-state index >= 15 is 0 Å². The smallest absolute Gasteiger partial charge is 0.416 e. The predicted molar refractivity (Wildman–Crippen MR) is 149 cm³/mol. The van der Waals surface area contributed by atoms with Gasteiger partial charge in [-0.3, -0.25) is 14.4 Å². The van der Waals surface area contributed by atoms with Crippen LogP contribution in [0.25, 0.3) is 0 Å². The van der Waals surface area contributed by atoms with Crippen molar-refractivity contribution in [1.29, 1.82) is 0 Å². The lowest BCUT2D eigenvalue weighted by Gasteiger charge is -2.38. The van der Waals surface area contributed by atoms with Gasteiger partial charge in [0.25, 0.3) is 15.9 Å². The summed E-state index contributed by atoms with van der Waals surface area (Å²) in [4.78, 5) is 21.0. The Kier molecular flexibility index (Phi) is 9.18. The van der Waals surface area contributed by atoms with E-state index in [0.717, 1.165) is 12.1 Å². The molecule has 0 radical (unpaired) electrons. The second-order valence-electron chi connectivity index (χ2n) is 10.7. The number of aliphatic hydroxyl groups excluding tert-OH is 1. The lowest BCUT2D eigenvalue weighted by molar-refractivity contribution is -0.137. The Hall–Kier alpha value is -3.62. The van der Waals surface area contributed by atoms with E-state index < -0.39 is 39.8 Å². The van der Waals surface area contributed by atoms with Crippen molar-refractivity contribution in [2.24, 2.45) is 13.0 Å². The van der Waals surface area contributed by atoms with Crippen molar-refractivity contribution < 1.29 is 36.2 Å². The first-order valence-corrected chi connectivity index (χ1v) is 14.7. The number of hydrogen-bond donors (Lipinski definition) is 2. The molecule has 10 nitrogen and oxygen atoms in total. The minimum atomic E-state index is -4.41. The zero-order valence-electron chi connectivity index (χ0n) is 23.7. The van der Waals surface area contributed by atoms with Gasteiger partial charge in [0.05, 0.1) is 30.1 Å². The van der Waals surface area contributed by atoms with Gasteiger partial charge >= 0.3 is 6.18 Å². The number of benzene rings is 2. The number of carbonyl (C=O) groups excluding carboxylic acids is 1. The van der Waals surface area contributed by atoms with Gasteiger partial charge in [-0.15, -0.1) is 0 Å². The molecule has 14 heteroatoms. The molecule has 0 unspecified atom stereocenters. The van der Waals surface area contributed by atoms with Crippen molar-refractivity contribution in [3.05, 3.63) is 71.7 Å². The number of nitrogens with zero attached hydrogens (tertiary/aromatic N) is 4. The number of aryl methyl sites for hydroxylation is 1. The molecular formula is C28H34F3N5O5S. The highest BCUT2D eigenvalue weighted by atomic mass is 32.2. The minimum absolute atomic E-state index is 0.124. The Balaban J connectivity index is 1.59. The quantitative estimate of drug-likeness (QED) is 0.381. The number of fused-ring (bicyclic) bond motifs is 1. The molecule has 0 aliphatic carbocycles. The van der Waals surface area contributed by atoms with Crippen molar-refractivity contribution >= 4 is 21.6 Å². The Morgan fingerprint density at radius 3 is 2.50 bits per heavy atom. The Bertz CT molecular complexity index is 1510. The van der Waals surface area contributed by atoms with Gasteiger partial charge in [0.15, 0.2) is 5.03 Å². The van der Waals surface area contributed by atoms with E-state index in [1.165, 1.54) is 52.3 Å². The average Bonchev–Trinajstić information content (AvgIpc) is 3.37. The number of halogens is 3. The first kappa shape index (κ1) is 31.3. The normalized spacial score (nSPS) is 18.7. The van der Waals surface area contributed by atoms with Crippen LogP contribution in [0.1, 0.15) is 35.3 Å². The number of aromatic nitrogens is 2. The number of nitrogens with one attached hydrogen (secondary N) is 1. The molecule has 0 fully saturated rings. The number of alkyl halides is 3. The second kappa shape index (κ2) is 12.3. The molecule has 3 atom stereocenters. The van der Waals surface area contributed by atoms with Crippen LogP contribution in [0.2, 0.25) is 0 Å². The summed E-state index contributed by atoms with van der Waals surface area (Å²) in [6.45, 7) is 4.35. The number of likely N-dealkylation sites (N-methyl/N-ethyl adjacent to an activating group) is 1. The number of aliphatic hydroxyl groups is 1. The van der Waals surface area contributed by atoms with Crippen molar-refractivity contribution in [2.75, 3.05) is 31.5 Å². The molecule has 1 amide bonds. The summed E-state index contributed by atoms with van der Waals surface area (Å²) in [6.07, 6.45) is -2.15. The summed E-state index contributed by atoms with van der Waals surface area (Å²) in [7, 11) is -0.557. The van der Waals surface area contributed by atoms with Crippen LogP contribution in [0, 0.1) is 5.92 Å². The van der Waals surface area contributed by atoms with Crippen molar-refractivity contribution in [3.8, 4) is 5.75 Å². The fraction of sp³-hybridized carbons (Fsp3) is 0.429. The fourth-order valence-electron chi connectivity index (χ4n) is 4.72. The van der Waals surface area contributed by atoms with Gasteiger partial charge in [-0.2, -0.15) is 21.6 Å². The molecule has 0 spiro atoms. The Morgan fingerprint density at radius 2 is 1.90 bits per heavy atom. The summed E-state index contributed by atoms with van der Waals surface area (Å²) in [5.41, 5.74) is 0.239. The molecule has 1 aromatic heterocycles. The number of imidazole rings is 1. The molecule has 0 saturated heterocycles. The van der Waals surface area contributed by atoms with E-state index in [1.54, 1.807) is 14.0 Å². The summed E-state index contributed by atoms with van der Waals surface area (Å²) in [5.74, 6) is -0.363. The van der Waals surface area contributed by atoms with Crippen molar-refractivity contribution in [1.82, 2.24) is 19.4 Å². The SMILES string of the molecule is C[C@@H]1CN([C@H](C)CO)C(=O)c2cc(NS(=O)(=O)c3cn(C)cn3)ccc2O[C@@H]1CN(C)Cc1ccc(C(F)(F)F)cc1. The number of anilines is 1. The largest absolute Gasteiger partial charge is 0.488 e. The molecule has 2 N–H and O–H groups in total. The fourth-order valence-corrected chi connectivity index (χ4v) is 5.75. The van der Waals surface area contributed by atoms with Gasteiger partial charge in [0, 0.05) is 44.5 Å². The monoisotopic (exact) mass is 609 g/mol. The molecule has 0 saturated carbocycles. The standard InChI is InChI=1S/C28H34F3N5O5S/c1-18-12-36(19(2)16-37)27(38)23-11-22(33-42(39,40)26-15-35(4)17-32-26)9-10-24(23)41-25(18)14-34(3)13-20-5-7-21(8-6-20)28(29,30)31/h5-11,15,17-19,25,33,37H,12-14,16H2,1-4H3/t18-,19-,25-/m1/s1. The van der Waals surface area contributed by atoms with Gasteiger partial charge in [0.1, 0.15) is 11.9 Å². The molecule has 2 aromatic carbocycles. The third-order valence-corrected chi connectivity index (χ3v) is 8.36.